The van der Waals surface area contributed by atoms with E-state index in [-0.39, 0.29) is 11.0 Å². The second kappa shape index (κ2) is 9.33. The summed E-state index contributed by atoms with van der Waals surface area (Å²) in [5.41, 5.74) is 2.82. The Labute approximate surface area is 176 Å². The van der Waals surface area contributed by atoms with Gasteiger partial charge in [-0.1, -0.05) is 24.3 Å². The van der Waals surface area contributed by atoms with E-state index in [1.807, 2.05) is 66.7 Å². The van der Waals surface area contributed by atoms with E-state index in [0.29, 0.717) is 5.56 Å². The van der Waals surface area contributed by atoms with Crippen molar-refractivity contribution in [2.75, 3.05) is 5.32 Å². The highest BCUT2D eigenvalue weighted by Gasteiger charge is 2.08. The van der Waals surface area contributed by atoms with Gasteiger partial charge in [-0.2, -0.15) is 10.2 Å². The van der Waals surface area contributed by atoms with Crippen LogP contribution in [0.5, 0.6) is 0 Å². The molecule has 0 aliphatic carbocycles. The fraction of sp³-hybridized carbons (Fsp3) is 0. The monoisotopic (exact) mass is 486 g/mol. The summed E-state index contributed by atoms with van der Waals surface area (Å²) >= 11 is 7.37. The molecule has 5 nitrogen and oxygen atoms in total. The van der Waals surface area contributed by atoms with Crippen LogP contribution in [0, 0.1) is 3.57 Å². The lowest BCUT2D eigenvalue weighted by atomic mass is 10.2. The molecule has 0 atom stereocenters. The van der Waals surface area contributed by atoms with E-state index in [2.05, 4.69) is 43.5 Å². The van der Waals surface area contributed by atoms with Crippen LogP contribution in [0.25, 0.3) is 0 Å². The third-order valence-electron chi connectivity index (χ3n) is 3.48. The molecule has 0 saturated carbocycles. The van der Waals surface area contributed by atoms with Crippen molar-refractivity contribution in [3.8, 4) is 0 Å². The fourth-order valence-corrected chi connectivity index (χ4v) is 2.94. The molecule has 1 amide bonds. The minimum absolute atomic E-state index is 0.234. The minimum atomic E-state index is -0.251. The molecule has 0 bridgehead atoms. The smallest absolute Gasteiger partial charge is 0.257 e. The van der Waals surface area contributed by atoms with Crippen LogP contribution in [0.4, 0.5) is 17.1 Å². The van der Waals surface area contributed by atoms with Gasteiger partial charge in [-0.05, 0) is 89.4 Å². The molecule has 0 unspecified atom stereocenters. The third-order valence-corrected chi connectivity index (χ3v) is 4.35. The van der Waals surface area contributed by atoms with E-state index in [4.69, 9.17) is 12.2 Å². The van der Waals surface area contributed by atoms with E-state index < -0.39 is 0 Å². The van der Waals surface area contributed by atoms with Gasteiger partial charge in [-0.25, -0.2) is 0 Å². The van der Waals surface area contributed by atoms with Gasteiger partial charge in [0.2, 0.25) is 0 Å². The maximum Gasteiger partial charge on any atom is 0.257 e. The number of nitrogens with zero attached hydrogens (tertiary/aromatic N) is 2. The van der Waals surface area contributed by atoms with Crippen LogP contribution in [0.2, 0.25) is 0 Å². The van der Waals surface area contributed by atoms with Gasteiger partial charge in [-0.15, -0.1) is 0 Å². The molecule has 0 spiro atoms. The van der Waals surface area contributed by atoms with Crippen molar-refractivity contribution in [1.29, 1.82) is 0 Å². The first-order chi connectivity index (χ1) is 13.1. The molecule has 0 heterocycles. The minimum Gasteiger partial charge on any atom is -0.332 e. The average Bonchev–Trinajstić information content (AvgIpc) is 2.68. The Morgan fingerprint density at radius 3 is 2.19 bits per heavy atom. The van der Waals surface area contributed by atoms with Gasteiger partial charge in [0, 0.05) is 14.8 Å². The topological polar surface area (TPSA) is 65.8 Å². The number of nitrogens with one attached hydrogen (secondary N) is 2. The highest BCUT2D eigenvalue weighted by Crippen LogP contribution is 2.20. The second-order valence-corrected chi connectivity index (χ2v) is 7.15. The molecule has 2 N–H and O–H groups in total. The number of carbonyl (C=O) groups is 1. The summed E-state index contributed by atoms with van der Waals surface area (Å²) < 4.78 is 0.986. The van der Waals surface area contributed by atoms with Crippen molar-refractivity contribution in [3.05, 3.63) is 88.0 Å². The number of halogens is 1. The first-order valence-electron chi connectivity index (χ1n) is 8.05. The van der Waals surface area contributed by atoms with Crippen molar-refractivity contribution in [3.63, 3.8) is 0 Å². The Kier molecular flexibility index (Phi) is 6.61. The Hall–Kier alpha value is -2.65. The second-order valence-electron chi connectivity index (χ2n) is 5.50. The summed E-state index contributed by atoms with van der Waals surface area (Å²) in [6.45, 7) is 0. The lowest BCUT2D eigenvalue weighted by Gasteiger charge is -2.09. The van der Waals surface area contributed by atoms with E-state index in [1.165, 1.54) is 0 Å². The SMILES string of the molecule is O=C(NC(=S)Nc1ccc(N=Nc2ccccc2)cc1)c1cccc(I)c1. The predicted molar refractivity (Wildman–Crippen MR) is 120 cm³/mol. The molecule has 0 aliphatic rings. The van der Waals surface area contributed by atoms with E-state index in [0.717, 1.165) is 20.6 Å². The maximum absolute atomic E-state index is 12.2. The Balaban J connectivity index is 1.57. The number of hydrogen-bond acceptors (Lipinski definition) is 4. The Morgan fingerprint density at radius 1 is 0.852 bits per heavy atom. The third kappa shape index (κ3) is 5.93. The van der Waals surface area contributed by atoms with Gasteiger partial charge in [0.25, 0.3) is 5.91 Å². The number of hydrogen-bond donors (Lipinski definition) is 2. The number of anilines is 1. The van der Waals surface area contributed by atoms with Crippen LogP contribution in [0.3, 0.4) is 0 Å². The van der Waals surface area contributed by atoms with Gasteiger partial charge in [0.05, 0.1) is 11.4 Å². The molecule has 3 aromatic rings. The Morgan fingerprint density at radius 2 is 1.52 bits per heavy atom. The molecular formula is C20H15IN4OS. The molecule has 3 rings (SSSR count). The lowest BCUT2D eigenvalue weighted by molar-refractivity contribution is 0.0977. The predicted octanol–water partition coefficient (Wildman–Crippen LogP) is 5.83. The van der Waals surface area contributed by atoms with Crippen LogP contribution in [-0.2, 0) is 0 Å². The molecule has 0 aromatic heterocycles. The maximum atomic E-state index is 12.2. The number of carbonyl (C=O) groups excluding carboxylic acids is 1. The molecule has 0 radical (unpaired) electrons. The molecular weight excluding hydrogens is 471 g/mol. The normalized spacial score (nSPS) is 10.6. The first kappa shape index (κ1) is 19.1. The number of rotatable bonds is 4. The zero-order chi connectivity index (χ0) is 19.1. The summed E-state index contributed by atoms with van der Waals surface area (Å²) in [5, 5.41) is 14.2. The zero-order valence-corrected chi connectivity index (χ0v) is 17.1. The van der Waals surface area contributed by atoms with Crippen LogP contribution in [-0.4, -0.2) is 11.0 Å². The highest BCUT2D eigenvalue weighted by molar-refractivity contribution is 14.1. The van der Waals surface area contributed by atoms with Crippen LogP contribution in [0.15, 0.2) is 89.1 Å². The van der Waals surface area contributed by atoms with Gasteiger partial charge in [0.15, 0.2) is 5.11 Å². The average molecular weight is 486 g/mol. The first-order valence-corrected chi connectivity index (χ1v) is 9.53. The molecule has 7 heteroatoms. The van der Waals surface area contributed by atoms with E-state index in [1.54, 1.807) is 12.1 Å². The summed E-state index contributed by atoms with van der Waals surface area (Å²) in [5.74, 6) is -0.251. The molecule has 0 saturated heterocycles. The highest BCUT2D eigenvalue weighted by atomic mass is 127. The molecule has 27 heavy (non-hydrogen) atoms. The van der Waals surface area contributed by atoms with Crippen molar-refractivity contribution < 1.29 is 4.79 Å². The summed E-state index contributed by atoms with van der Waals surface area (Å²) in [4.78, 5) is 12.2. The summed E-state index contributed by atoms with van der Waals surface area (Å²) in [6.07, 6.45) is 0. The van der Waals surface area contributed by atoms with Crippen molar-refractivity contribution in [2.45, 2.75) is 0 Å². The van der Waals surface area contributed by atoms with Crippen LogP contribution in [0.1, 0.15) is 10.4 Å². The standard InChI is InChI=1S/C20H15IN4OS/c21-15-6-4-5-14(13-15)19(26)23-20(27)22-16-9-11-18(12-10-16)25-24-17-7-2-1-3-8-17/h1-13H,(H2,22,23,26,27). The van der Waals surface area contributed by atoms with Gasteiger partial charge in [0.1, 0.15) is 0 Å². The van der Waals surface area contributed by atoms with Crippen molar-refractivity contribution >= 4 is 62.9 Å². The number of thiocarbonyl (C=S) groups is 1. The molecule has 3 aromatic carbocycles. The largest absolute Gasteiger partial charge is 0.332 e. The summed E-state index contributed by atoms with van der Waals surface area (Å²) in [7, 11) is 0. The number of azo groups is 1. The Bertz CT molecular complexity index is 975. The van der Waals surface area contributed by atoms with Crippen molar-refractivity contribution in [1.82, 2.24) is 5.32 Å². The molecule has 134 valence electrons. The van der Waals surface area contributed by atoms with Gasteiger partial charge >= 0.3 is 0 Å². The van der Waals surface area contributed by atoms with Gasteiger partial charge < -0.3 is 5.32 Å². The van der Waals surface area contributed by atoms with E-state index in [9.17, 15) is 4.79 Å². The molecule has 0 aliphatic heterocycles. The zero-order valence-electron chi connectivity index (χ0n) is 14.1. The quantitative estimate of drug-likeness (QED) is 0.277. The lowest BCUT2D eigenvalue weighted by Crippen LogP contribution is -2.34. The fourth-order valence-electron chi connectivity index (χ4n) is 2.19. The van der Waals surface area contributed by atoms with Gasteiger partial charge in [-0.3, -0.25) is 10.1 Å². The van der Waals surface area contributed by atoms with E-state index >= 15 is 0 Å². The number of amides is 1. The van der Waals surface area contributed by atoms with Crippen molar-refractivity contribution in [2.24, 2.45) is 10.2 Å². The number of benzene rings is 3. The molecule has 0 fully saturated rings. The van der Waals surface area contributed by atoms with Crippen LogP contribution >= 0.6 is 34.8 Å². The van der Waals surface area contributed by atoms with Crippen LogP contribution < -0.4 is 10.6 Å². The summed E-state index contributed by atoms with van der Waals surface area (Å²) in [6, 6.07) is 24.1.